The van der Waals surface area contributed by atoms with E-state index < -0.39 is 0 Å². The fourth-order valence-electron chi connectivity index (χ4n) is 2.42. The molecule has 3 heteroatoms. The van der Waals surface area contributed by atoms with E-state index in [4.69, 9.17) is 10.00 Å². The van der Waals surface area contributed by atoms with E-state index in [1.807, 2.05) is 18.2 Å². The maximum absolute atomic E-state index is 8.92. The first-order valence-corrected chi connectivity index (χ1v) is 5.93. The predicted octanol–water partition coefficient (Wildman–Crippen LogP) is 2.56. The number of hydrogen-bond donors (Lipinski definition) is 0. The Balaban J connectivity index is 2.24. The molecule has 0 aromatic heterocycles. The Morgan fingerprint density at radius 1 is 1.47 bits per heavy atom. The van der Waals surface area contributed by atoms with Gasteiger partial charge >= 0.3 is 0 Å². The van der Waals surface area contributed by atoms with Crippen molar-refractivity contribution in [1.29, 1.82) is 5.26 Å². The van der Waals surface area contributed by atoms with Crippen molar-refractivity contribution in [2.75, 3.05) is 18.0 Å². The van der Waals surface area contributed by atoms with Crippen molar-refractivity contribution in [1.82, 2.24) is 0 Å². The second kappa shape index (κ2) is 4.38. The van der Waals surface area contributed by atoms with Gasteiger partial charge in [-0.3, -0.25) is 0 Å². The summed E-state index contributed by atoms with van der Waals surface area (Å²) in [5.74, 6) is 0. The number of nitrogens with zero attached hydrogens (tertiary/aromatic N) is 2. The van der Waals surface area contributed by atoms with Gasteiger partial charge in [0, 0.05) is 18.8 Å². The van der Waals surface area contributed by atoms with E-state index in [9.17, 15) is 0 Å². The zero-order valence-corrected chi connectivity index (χ0v) is 10.6. The van der Waals surface area contributed by atoms with Gasteiger partial charge in [0.15, 0.2) is 0 Å². The monoisotopic (exact) mass is 230 g/mol. The molecule has 0 saturated carbocycles. The Morgan fingerprint density at radius 2 is 2.24 bits per heavy atom. The van der Waals surface area contributed by atoms with Crippen LogP contribution in [0.25, 0.3) is 0 Å². The molecule has 2 rings (SSSR count). The highest BCUT2D eigenvalue weighted by atomic mass is 16.5. The number of ether oxygens (including phenoxy) is 1. The molecule has 0 amide bonds. The van der Waals surface area contributed by atoms with Crippen LogP contribution in [0, 0.1) is 11.3 Å². The van der Waals surface area contributed by atoms with Crippen molar-refractivity contribution in [3.05, 3.63) is 29.8 Å². The lowest BCUT2D eigenvalue weighted by Crippen LogP contribution is -2.52. The molecule has 1 aliphatic heterocycles. The molecule has 1 unspecified atom stereocenters. The van der Waals surface area contributed by atoms with Gasteiger partial charge in [-0.05, 0) is 39.0 Å². The first-order valence-electron chi connectivity index (χ1n) is 5.93. The lowest BCUT2D eigenvalue weighted by atomic mass is 10.0. The molecule has 1 fully saturated rings. The number of anilines is 1. The molecule has 1 aromatic carbocycles. The molecule has 0 bridgehead atoms. The van der Waals surface area contributed by atoms with Crippen LogP contribution >= 0.6 is 0 Å². The van der Waals surface area contributed by atoms with Gasteiger partial charge in [0.2, 0.25) is 0 Å². The molecule has 1 saturated heterocycles. The largest absolute Gasteiger partial charge is 0.369 e. The van der Waals surface area contributed by atoms with E-state index in [0.29, 0.717) is 5.56 Å². The lowest BCUT2D eigenvalue weighted by Gasteiger charge is -2.43. The molecular formula is C14H18N2O. The summed E-state index contributed by atoms with van der Waals surface area (Å²) in [5, 5.41) is 8.92. The van der Waals surface area contributed by atoms with Gasteiger partial charge < -0.3 is 9.64 Å². The van der Waals surface area contributed by atoms with Gasteiger partial charge in [-0.25, -0.2) is 0 Å². The van der Waals surface area contributed by atoms with Crippen molar-refractivity contribution in [3.8, 4) is 6.07 Å². The van der Waals surface area contributed by atoms with E-state index in [1.165, 1.54) is 0 Å². The number of rotatable bonds is 1. The van der Waals surface area contributed by atoms with Gasteiger partial charge in [-0.15, -0.1) is 0 Å². The van der Waals surface area contributed by atoms with Gasteiger partial charge in [-0.1, -0.05) is 6.07 Å². The van der Waals surface area contributed by atoms with Crippen LogP contribution in [0.15, 0.2) is 24.3 Å². The minimum absolute atomic E-state index is 0.139. The highest BCUT2D eigenvalue weighted by Crippen LogP contribution is 2.26. The normalized spacial score (nSPS) is 23.2. The maximum Gasteiger partial charge on any atom is 0.0992 e. The molecule has 1 atom stereocenters. The molecule has 1 heterocycles. The van der Waals surface area contributed by atoms with E-state index in [0.717, 1.165) is 18.8 Å². The summed E-state index contributed by atoms with van der Waals surface area (Å²) >= 11 is 0. The van der Waals surface area contributed by atoms with Gasteiger partial charge in [0.05, 0.1) is 23.3 Å². The van der Waals surface area contributed by atoms with Crippen molar-refractivity contribution >= 4 is 5.69 Å². The first kappa shape index (κ1) is 11.9. The van der Waals surface area contributed by atoms with Gasteiger partial charge in [-0.2, -0.15) is 5.26 Å². The quantitative estimate of drug-likeness (QED) is 0.744. The van der Waals surface area contributed by atoms with Crippen LogP contribution in [-0.4, -0.2) is 24.8 Å². The molecule has 3 nitrogen and oxygen atoms in total. The molecule has 1 aliphatic rings. The summed E-state index contributed by atoms with van der Waals surface area (Å²) in [5.41, 5.74) is 1.67. The Hall–Kier alpha value is -1.53. The summed E-state index contributed by atoms with van der Waals surface area (Å²) in [6, 6.07) is 9.93. The highest BCUT2D eigenvalue weighted by molar-refractivity contribution is 5.52. The third-order valence-corrected chi connectivity index (χ3v) is 2.91. The Kier molecular flexibility index (Phi) is 3.08. The van der Waals surface area contributed by atoms with Gasteiger partial charge in [0.1, 0.15) is 0 Å². The van der Waals surface area contributed by atoms with Gasteiger partial charge in [0.25, 0.3) is 0 Å². The average molecular weight is 230 g/mol. The van der Waals surface area contributed by atoms with E-state index in [2.05, 4.69) is 37.8 Å². The topological polar surface area (TPSA) is 36.3 Å². The van der Waals surface area contributed by atoms with Crippen LogP contribution in [0.3, 0.4) is 0 Å². The molecule has 90 valence electrons. The Labute approximate surface area is 103 Å². The SMILES string of the molecule is CC1CN(c2cccc(C#N)c2)CC(C)(C)O1. The number of hydrogen-bond acceptors (Lipinski definition) is 3. The van der Waals surface area contributed by atoms with Crippen molar-refractivity contribution < 1.29 is 4.74 Å². The predicted molar refractivity (Wildman–Crippen MR) is 68.0 cm³/mol. The molecule has 0 aliphatic carbocycles. The summed E-state index contributed by atoms with van der Waals surface area (Å²) in [7, 11) is 0. The van der Waals surface area contributed by atoms with Crippen LogP contribution in [0.5, 0.6) is 0 Å². The summed E-state index contributed by atoms with van der Waals surface area (Å²) < 4.78 is 5.88. The minimum Gasteiger partial charge on any atom is -0.369 e. The van der Waals surface area contributed by atoms with Crippen LogP contribution < -0.4 is 4.90 Å². The third kappa shape index (κ3) is 2.78. The second-order valence-electron chi connectivity index (χ2n) is 5.23. The zero-order valence-electron chi connectivity index (χ0n) is 10.6. The van der Waals surface area contributed by atoms with E-state index >= 15 is 0 Å². The molecule has 0 N–H and O–H groups in total. The Morgan fingerprint density at radius 3 is 2.88 bits per heavy atom. The maximum atomic E-state index is 8.92. The molecule has 0 radical (unpaired) electrons. The van der Waals surface area contributed by atoms with Crippen molar-refractivity contribution in [2.45, 2.75) is 32.5 Å². The molecule has 17 heavy (non-hydrogen) atoms. The second-order valence-corrected chi connectivity index (χ2v) is 5.23. The highest BCUT2D eigenvalue weighted by Gasteiger charge is 2.31. The number of morpholine rings is 1. The van der Waals surface area contributed by atoms with Crippen LogP contribution in [0.4, 0.5) is 5.69 Å². The molecule has 0 spiro atoms. The average Bonchev–Trinajstić information content (AvgIpc) is 2.26. The van der Waals surface area contributed by atoms with Crippen LogP contribution in [0.2, 0.25) is 0 Å². The van der Waals surface area contributed by atoms with E-state index in [-0.39, 0.29) is 11.7 Å². The summed E-state index contributed by atoms with van der Waals surface area (Å²) in [4.78, 5) is 2.29. The zero-order chi connectivity index (χ0) is 12.5. The number of nitriles is 1. The van der Waals surface area contributed by atoms with Crippen molar-refractivity contribution in [2.24, 2.45) is 0 Å². The van der Waals surface area contributed by atoms with Crippen molar-refractivity contribution in [3.63, 3.8) is 0 Å². The summed E-state index contributed by atoms with van der Waals surface area (Å²) in [6.45, 7) is 8.01. The van der Waals surface area contributed by atoms with E-state index in [1.54, 1.807) is 0 Å². The molecule has 1 aromatic rings. The third-order valence-electron chi connectivity index (χ3n) is 2.91. The fourth-order valence-corrected chi connectivity index (χ4v) is 2.42. The fraction of sp³-hybridized carbons (Fsp3) is 0.500. The smallest absolute Gasteiger partial charge is 0.0992 e. The number of benzene rings is 1. The van der Waals surface area contributed by atoms with Crippen LogP contribution in [0.1, 0.15) is 26.3 Å². The summed E-state index contributed by atoms with van der Waals surface area (Å²) in [6.07, 6.45) is 0.212. The lowest BCUT2D eigenvalue weighted by molar-refractivity contribution is -0.0749. The Bertz CT molecular complexity index is 448. The molecular weight excluding hydrogens is 212 g/mol. The van der Waals surface area contributed by atoms with Crippen LogP contribution in [-0.2, 0) is 4.74 Å². The minimum atomic E-state index is -0.139. The first-order chi connectivity index (χ1) is 8.00. The standard InChI is InChI=1S/C14H18N2O/c1-11-9-16(10-14(2,3)17-11)13-6-4-5-12(7-13)8-15/h4-7,11H,9-10H2,1-3H3.